The average Bonchev–Trinajstić information content (AvgIpc) is 2.43. The molecule has 0 unspecified atom stereocenters. The predicted molar refractivity (Wildman–Crippen MR) is 88.7 cm³/mol. The van der Waals surface area contributed by atoms with Crippen LogP contribution in [0.4, 0.5) is 0 Å². The van der Waals surface area contributed by atoms with Gasteiger partial charge in [-0.3, -0.25) is 9.59 Å². The summed E-state index contributed by atoms with van der Waals surface area (Å²) in [6, 6.07) is 5.63. The number of carbonyl (C=O) groups excluding carboxylic acids is 2. The minimum absolute atomic E-state index is 0.172. The van der Waals surface area contributed by atoms with Gasteiger partial charge in [0.25, 0.3) is 0 Å². The average molecular weight is 394 g/mol. The lowest BCUT2D eigenvalue weighted by Gasteiger charge is -2.11. The van der Waals surface area contributed by atoms with Gasteiger partial charge in [0.05, 0.1) is 6.42 Å². The summed E-state index contributed by atoms with van der Waals surface area (Å²) in [5, 5.41) is 0.497. The molecule has 128 valence electrons. The summed E-state index contributed by atoms with van der Waals surface area (Å²) in [7, 11) is 0. The predicted octanol–water partition coefficient (Wildman–Crippen LogP) is 3.17. The summed E-state index contributed by atoms with van der Waals surface area (Å²) < 4.78 is 13.1. The van der Waals surface area contributed by atoms with Crippen LogP contribution < -0.4 is 10.4 Å². The van der Waals surface area contributed by atoms with Crippen molar-refractivity contribution in [3.8, 4) is 5.75 Å². The number of ether oxygens (including phenoxy) is 2. The van der Waals surface area contributed by atoms with Crippen molar-refractivity contribution in [3.63, 3.8) is 0 Å². The number of esters is 2. The van der Waals surface area contributed by atoms with Crippen LogP contribution in [0.2, 0.25) is 0 Å². The zero-order chi connectivity index (χ0) is 17.9. The number of carbonyl (C=O) groups is 2. The lowest BCUT2D eigenvalue weighted by Crippen LogP contribution is -2.19. The topological polar surface area (TPSA) is 82.8 Å². The van der Waals surface area contributed by atoms with E-state index in [9.17, 15) is 14.4 Å². The van der Waals surface area contributed by atoms with Gasteiger partial charge in [0.2, 0.25) is 3.79 Å². The Balaban J connectivity index is 2.28. The van der Waals surface area contributed by atoms with Crippen LogP contribution in [0, 0.1) is 0 Å². The Bertz CT molecular complexity index is 837. The summed E-state index contributed by atoms with van der Waals surface area (Å²) in [4.78, 5) is 34.4. The zero-order valence-electron chi connectivity index (χ0n) is 12.3. The van der Waals surface area contributed by atoms with Crippen molar-refractivity contribution >= 4 is 57.7 Å². The van der Waals surface area contributed by atoms with Crippen LogP contribution in [0.25, 0.3) is 11.0 Å². The first kappa shape index (κ1) is 18.6. The van der Waals surface area contributed by atoms with Gasteiger partial charge in [-0.05, 0) is 17.7 Å². The molecule has 0 fully saturated rings. The molecule has 2 aromatic rings. The quantitative estimate of drug-likeness (QED) is 0.343. The van der Waals surface area contributed by atoms with Crippen LogP contribution in [0.1, 0.15) is 12.5 Å². The molecule has 2 rings (SSSR count). The van der Waals surface area contributed by atoms with Gasteiger partial charge in [0.1, 0.15) is 17.9 Å². The van der Waals surface area contributed by atoms with Crippen molar-refractivity contribution in [2.45, 2.75) is 17.1 Å². The van der Waals surface area contributed by atoms with Crippen LogP contribution in [0.3, 0.4) is 0 Å². The number of alkyl halides is 3. The Labute approximate surface area is 151 Å². The molecule has 0 atom stereocenters. The Morgan fingerprint density at radius 1 is 1.21 bits per heavy atom. The molecule has 0 aliphatic carbocycles. The molecule has 0 spiro atoms. The van der Waals surface area contributed by atoms with Crippen molar-refractivity contribution in [2.75, 3.05) is 6.61 Å². The fourth-order valence-electron chi connectivity index (χ4n) is 1.95. The molecule has 0 N–H and O–H groups in total. The highest BCUT2D eigenvalue weighted by atomic mass is 35.6. The number of hydrogen-bond acceptors (Lipinski definition) is 6. The first-order chi connectivity index (χ1) is 11.1. The van der Waals surface area contributed by atoms with Gasteiger partial charge in [-0.15, -0.1) is 0 Å². The van der Waals surface area contributed by atoms with Gasteiger partial charge < -0.3 is 13.9 Å². The fraction of sp³-hybridized carbons (Fsp3) is 0.267. The molecule has 0 saturated heterocycles. The first-order valence-electron chi connectivity index (χ1n) is 6.61. The molecule has 0 aliphatic rings. The minimum Gasteiger partial charge on any atom is -0.461 e. The van der Waals surface area contributed by atoms with Gasteiger partial charge in [-0.1, -0.05) is 34.8 Å². The van der Waals surface area contributed by atoms with Gasteiger partial charge >= 0.3 is 17.6 Å². The normalized spacial score (nSPS) is 11.3. The largest absolute Gasteiger partial charge is 0.461 e. The molecule has 1 aromatic heterocycles. The van der Waals surface area contributed by atoms with Crippen LogP contribution in [-0.2, 0) is 20.7 Å². The van der Waals surface area contributed by atoms with Gasteiger partial charge in [0, 0.05) is 24.4 Å². The van der Waals surface area contributed by atoms with Crippen LogP contribution in [0.5, 0.6) is 5.75 Å². The maximum absolute atomic E-state index is 11.8. The van der Waals surface area contributed by atoms with E-state index in [-0.39, 0.29) is 17.8 Å². The Hall–Kier alpha value is -1.76. The molecule has 0 aliphatic heterocycles. The maximum Gasteiger partial charge on any atom is 0.336 e. The van der Waals surface area contributed by atoms with E-state index < -0.39 is 28.0 Å². The second-order valence-corrected chi connectivity index (χ2v) is 7.31. The summed E-state index contributed by atoms with van der Waals surface area (Å²) in [6.07, 6.45) is -0.213. The molecule has 6 nitrogen and oxygen atoms in total. The number of halogens is 3. The number of fused-ring (bicyclic) bond motifs is 1. The molecular formula is C15H11Cl3O6. The third-order valence-corrected chi connectivity index (χ3v) is 3.12. The Morgan fingerprint density at radius 3 is 2.54 bits per heavy atom. The molecule has 1 aromatic carbocycles. The smallest absolute Gasteiger partial charge is 0.336 e. The van der Waals surface area contributed by atoms with Crippen LogP contribution in [-0.4, -0.2) is 22.3 Å². The Kier molecular flexibility index (Phi) is 5.74. The summed E-state index contributed by atoms with van der Waals surface area (Å²) in [5.74, 6) is -0.963. The third-order valence-electron chi connectivity index (χ3n) is 2.79. The lowest BCUT2D eigenvalue weighted by molar-refractivity contribution is -0.142. The minimum atomic E-state index is -1.72. The maximum atomic E-state index is 11.8. The SMILES string of the molecule is CC(=O)Oc1ccc2c(CC(=O)OCC(Cl)(Cl)Cl)cc(=O)oc2c1. The first-order valence-corrected chi connectivity index (χ1v) is 7.75. The number of benzene rings is 1. The van der Waals surface area contributed by atoms with E-state index in [1.165, 1.54) is 25.1 Å². The second kappa shape index (κ2) is 7.42. The fourth-order valence-corrected chi connectivity index (χ4v) is 2.12. The lowest BCUT2D eigenvalue weighted by atomic mass is 10.1. The molecule has 24 heavy (non-hydrogen) atoms. The van der Waals surface area contributed by atoms with Crippen LogP contribution in [0.15, 0.2) is 33.5 Å². The van der Waals surface area contributed by atoms with Crippen molar-refractivity contribution in [1.29, 1.82) is 0 Å². The molecule has 1 heterocycles. The standard InChI is InChI=1S/C15H11Cl3O6/c1-8(19)23-10-2-3-11-9(5-14(21)24-12(11)6-10)4-13(20)22-7-15(16,17)18/h2-3,5-6H,4,7H2,1H3. The Morgan fingerprint density at radius 2 is 1.92 bits per heavy atom. The van der Waals surface area contributed by atoms with E-state index in [0.29, 0.717) is 10.9 Å². The molecular weight excluding hydrogens is 383 g/mol. The molecule has 0 saturated carbocycles. The van der Waals surface area contributed by atoms with E-state index in [0.717, 1.165) is 0 Å². The monoisotopic (exact) mass is 392 g/mol. The number of hydrogen-bond donors (Lipinski definition) is 0. The molecule has 0 bridgehead atoms. The highest BCUT2D eigenvalue weighted by Crippen LogP contribution is 2.27. The summed E-state index contributed by atoms with van der Waals surface area (Å²) in [5.41, 5.74) is -0.109. The van der Waals surface area contributed by atoms with Gasteiger partial charge in [-0.2, -0.15) is 0 Å². The van der Waals surface area contributed by atoms with Crippen molar-refractivity contribution in [3.05, 3.63) is 40.2 Å². The van der Waals surface area contributed by atoms with Gasteiger partial charge in [0.15, 0.2) is 0 Å². The molecule has 0 radical (unpaired) electrons. The van der Waals surface area contributed by atoms with Crippen LogP contribution >= 0.6 is 34.8 Å². The number of rotatable bonds is 4. The van der Waals surface area contributed by atoms with Crippen molar-refractivity contribution in [2.24, 2.45) is 0 Å². The summed E-state index contributed by atoms with van der Waals surface area (Å²) >= 11 is 16.5. The van der Waals surface area contributed by atoms with Crippen molar-refractivity contribution < 1.29 is 23.5 Å². The van der Waals surface area contributed by atoms with E-state index >= 15 is 0 Å². The second-order valence-electron chi connectivity index (χ2n) is 4.79. The highest BCUT2D eigenvalue weighted by Gasteiger charge is 2.22. The molecule has 9 heteroatoms. The zero-order valence-corrected chi connectivity index (χ0v) is 14.6. The third kappa shape index (κ3) is 5.40. The van der Waals surface area contributed by atoms with Crippen molar-refractivity contribution in [1.82, 2.24) is 0 Å². The van der Waals surface area contributed by atoms with E-state index in [1.54, 1.807) is 6.07 Å². The summed E-state index contributed by atoms with van der Waals surface area (Å²) in [6.45, 7) is 0.837. The highest BCUT2D eigenvalue weighted by molar-refractivity contribution is 6.67. The van der Waals surface area contributed by atoms with Gasteiger partial charge in [-0.25, -0.2) is 4.79 Å². The van der Waals surface area contributed by atoms with E-state index in [1.807, 2.05) is 0 Å². The molecule has 0 amide bonds. The van der Waals surface area contributed by atoms with E-state index in [2.05, 4.69) is 0 Å². The van der Waals surface area contributed by atoms with E-state index in [4.69, 9.17) is 48.7 Å².